The summed E-state index contributed by atoms with van der Waals surface area (Å²) in [6.07, 6.45) is 3.17. The average molecular weight is 463 g/mol. The smallest absolute Gasteiger partial charge is 0.253 e. The van der Waals surface area contributed by atoms with Gasteiger partial charge < -0.3 is 19.7 Å². The molecule has 1 unspecified atom stereocenters. The predicted molar refractivity (Wildman–Crippen MR) is 129 cm³/mol. The van der Waals surface area contributed by atoms with Gasteiger partial charge in [0.2, 0.25) is 5.91 Å². The van der Waals surface area contributed by atoms with Crippen molar-refractivity contribution in [1.82, 2.24) is 14.7 Å². The number of anilines is 1. The van der Waals surface area contributed by atoms with Gasteiger partial charge in [0.1, 0.15) is 5.82 Å². The quantitative estimate of drug-likeness (QED) is 0.578. The number of hydrogen-bond donors (Lipinski definition) is 1. The number of benzene rings is 2. The summed E-state index contributed by atoms with van der Waals surface area (Å²) in [5.41, 5.74) is 2.64. The number of carbonyl (C=O) groups excluding carboxylic acids is 2. The zero-order chi connectivity index (χ0) is 24.1. The van der Waals surface area contributed by atoms with Crippen LogP contribution in [0, 0.1) is 12.8 Å². The molecule has 2 heterocycles. The third-order valence-electron chi connectivity index (χ3n) is 6.15. The van der Waals surface area contributed by atoms with E-state index in [2.05, 4.69) is 10.4 Å². The number of ether oxygens (including phenoxy) is 2. The number of piperidine rings is 1. The van der Waals surface area contributed by atoms with Gasteiger partial charge in [0.25, 0.3) is 5.91 Å². The molecule has 0 bridgehead atoms. The molecule has 2 aromatic carbocycles. The monoisotopic (exact) mass is 462 g/mol. The number of aromatic nitrogens is 2. The molecule has 1 saturated heterocycles. The maximum Gasteiger partial charge on any atom is 0.253 e. The van der Waals surface area contributed by atoms with Crippen LogP contribution < -0.4 is 14.8 Å². The SMILES string of the molecule is COc1cccc(Cn2nccc2NC(=O)C2CCCN(C(=O)c3ccc(C)cc3)C2)c1OC. The van der Waals surface area contributed by atoms with Crippen molar-refractivity contribution < 1.29 is 19.1 Å². The molecule has 4 rings (SSSR count). The number of aryl methyl sites for hydroxylation is 1. The van der Waals surface area contributed by atoms with Crippen LogP contribution in [0.15, 0.2) is 54.7 Å². The lowest BCUT2D eigenvalue weighted by Gasteiger charge is -2.32. The van der Waals surface area contributed by atoms with Gasteiger partial charge in [-0.05, 0) is 38.0 Å². The number of nitrogens with one attached hydrogen (secondary N) is 1. The summed E-state index contributed by atoms with van der Waals surface area (Å²) in [5, 5.41) is 7.38. The summed E-state index contributed by atoms with van der Waals surface area (Å²) in [5.74, 6) is 1.44. The number of rotatable bonds is 7. The van der Waals surface area contributed by atoms with E-state index >= 15 is 0 Å². The summed E-state index contributed by atoms with van der Waals surface area (Å²) in [6, 6.07) is 15.0. The van der Waals surface area contributed by atoms with E-state index in [1.165, 1.54) is 0 Å². The standard InChI is InChI=1S/C26H30N4O4/c1-18-9-11-19(12-10-18)26(32)29-15-5-7-21(16-29)25(31)28-23-13-14-27-30(23)17-20-6-4-8-22(33-2)24(20)34-3/h4,6,8-14,21H,5,7,15-17H2,1-3H3,(H,28,31). The number of para-hydroxylation sites is 1. The van der Waals surface area contributed by atoms with Crippen molar-refractivity contribution in [3.8, 4) is 11.5 Å². The van der Waals surface area contributed by atoms with E-state index in [0.717, 1.165) is 24.0 Å². The van der Waals surface area contributed by atoms with Crippen LogP contribution in [0.25, 0.3) is 0 Å². The summed E-state index contributed by atoms with van der Waals surface area (Å²) >= 11 is 0. The lowest BCUT2D eigenvalue weighted by molar-refractivity contribution is -0.121. The van der Waals surface area contributed by atoms with Crippen LogP contribution >= 0.6 is 0 Å². The van der Waals surface area contributed by atoms with Gasteiger partial charge in [0.05, 0.1) is 32.9 Å². The fourth-order valence-electron chi connectivity index (χ4n) is 4.29. The van der Waals surface area contributed by atoms with E-state index in [1.54, 1.807) is 36.1 Å². The van der Waals surface area contributed by atoms with Crippen LogP contribution in [-0.2, 0) is 11.3 Å². The highest BCUT2D eigenvalue weighted by atomic mass is 16.5. The third kappa shape index (κ3) is 5.06. The van der Waals surface area contributed by atoms with Gasteiger partial charge in [0.15, 0.2) is 11.5 Å². The molecule has 0 spiro atoms. The number of nitrogens with zero attached hydrogens (tertiary/aromatic N) is 3. The van der Waals surface area contributed by atoms with E-state index in [4.69, 9.17) is 9.47 Å². The van der Waals surface area contributed by atoms with Crippen molar-refractivity contribution in [2.45, 2.75) is 26.3 Å². The zero-order valence-electron chi connectivity index (χ0n) is 19.8. The highest BCUT2D eigenvalue weighted by Gasteiger charge is 2.29. The Balaban J connectivity index is 1.43. The maximum absolute atomic E-state index is 13.1. The van der Waals surface area contributed by atoms with E-state index in [1.807, 2.05) is 49.4 Å². The van der Waals surface area contributed by atoms with Crippen molar-refractivity contribution in [1.29, 1.82) is 0 Å². The van der Waals surface area contributed by atoms with Crippen LogP contribution in [0.2, 0.25) is 0 Å². The molecule has 1 N–H and O–H groups in total. The Labute approximate surface area is 199 Å². The van der Waals surface area contributed by atoms with E-state index in [-0.39, 0.29) is 17.7 Å². The highest BCUT2D eigenvalue weighted by Crippen LogP contribution is 2.31. The molecule has 1 atom stereocenters. The fraction of sp³-hybridized carbons (Fsp3) is 0.346. The summed E-state index contributed by atoms with van der Waals surface area (Å²) in [6.45, 7) is 3.46. The second-order valence-corrected chi connectivity index (χ2v) is 8.47. The first-order chi connectivity index (χ1) is 16.5. The number of hydrogen-bond acceptors (Lipinski definition) is 5. The average Bonchev–Trinajstić information content (AvgIpc) is 3.30. The minimum atomic E-state index is -0.280. The molecule has 178 valence electrons. The lowest BCUT2D eigenvalue weighted by atomic mass is 9.96. The fourth-order valence-corrected chi connectivity index (χ4v) is 4.29. The Morgan fingerprint density at radius 2 is 1.88 bits per heavy atom. The Morgan fingerprint density at radius 1 is 1.09 bits per heavy atom. The molecule has 8 heteroatoms. The molecular formula is C26H30N4O4. The Morgan fingerprint density at radius 3 is 2.62 bits per heavy atom. The first-order valence-corrected chi connectivity index (χ1v) is 11.4. The van der Waals surface area contributed by atoms with E-state index in [0.29, 0.717) is 42.5 Å². The van der Waals surface area contributed by atoms with Crippen LogP contribution in [0.1, 0.15) is 34.3 Å². The molecule has 1 aliphatic heterocycles. The van der Waals surface area contributed by atoms with Crippen LogP contribution in [-0.4, -0.2) is 53.8 Å². The van der Waals surface area contributed by atoms with Crippen molar-refractivity contribution in [3.05, 3.63) is 71.4 Å². The van der Waals surface area contributed by atoms with Crippen LogP contribution in [0.4, 0.5) is 5.82 Å². The summed E-state index contributed by atoms with van der Waals surface area (Å²) < 4.78 is 12.6. The molecule has 1 fully saturated rings. The molecule has 2 amide bonds. The Kier molecular flexibility index (Phi) is 7.15. The molecule has 0 saturated carbocycles. The number of methoxy groups -OCH3 is 2. The van der Waals surface area contributed by atoms with Gasteiger partial charge in [-0.15, -0.1) is 0 Å². The molecule has 8 nitrogen and oxygen atoms in total. The second kappa shape index (κ2) is 10.4. The van der Waals surface area contributed by atoms with E-state index < -0.39 is 0 Å². The highest BCUT2D eigenvalue weighted by molar-refractivity contribution is 5.96. The Hall–Kier alpha value is -3.81. The van der Waals surface area contributed by atoms with Gasteiger partial charge >= 0.3 is 0 Å². The second-order valence-electron chi connectivity index (χ2n) is 8.47. The molecule has 0 radical (unpaired) electrons. The van der Waals surface area contributed by atoms with Crippen molar-refractivity contribution >= 4 is 17.6 Å². The summed E-state index contributed by atoms with van der Waals surface area (Å²) in [7, 11) is 3.19. The first kappa shape index (κ1) is 23.4. The Bertz CT molecular complexity index is 1160. The normalized spacial score (nSPS) is 15.6. The zero-order valence-corrected chi connectivity index (χ0v) is 19.8. The molecule has 0 aliphatic carbocycles. The minimum Gasteiger partial charge on any atom is -0.493 e. The van der Waals surface area contributed by atoms with Crippen molar-refractivity contribution in [2.24, 2.45) is 5.92 Å². The van der Waals surface area contributed by atoms with Crippen molar-refractivity contribution in [2.75, 3.05) is 32.6 Å². The number of likely N-dealkylation sites (tertiary alicyclic amines) is 1. The lowest BCUT2D eigenvalue weighted by Crippen LogP contribution is -2.43. The van der Waals surface area contributed by atoms with Gasteiger partial charge in [-0.25, -0.2) is 4.68 Å². The molecule has 1 aliphatic rings. The van der Waals surface area contributed by atoms with Gasteiger partial charge in [-0.1, -0.05) is 29.8 Å². The van der Waals surface area contributed by atoms with Gasteiger partial charge in [-0.3, -0.25) is 9.59 Å². The minimum absolute atomic E-state index is 0.0346. The summed E-state index contributed by atoms with van der Waals surface area (Å²) in [4.78, 5) is 27.8. The van der Waals surface area contributed by atoms with Gasteiger partial charge in [-0.2, -0.15) is 5.10 Å². The molecular weight excluding hydrogens is 432 g/mol. The molecule has 3 aromatic rings. The molecule has 34 heavy (non-hydrogen) atoms. The maximum atomic E-state index is 13.1. The largest absolute Gasteiger partial charge is 0.493 e. The topological polar surface area (TPSA) is 85.7 Å². The van der Waals surface area contributed by atoms with Crippen LogP contribution in [0.5, 0.6) is 11.5 Å². The number of amides is 2. The van der Waals surface area contributed by atoms with Crippen molar-refractivity contribution in [3.63, 3.8) is 0 Å². The molecule has 1 aromatic heterocycles. The van der Waals surface area contributed by atoms with Gasteiger partial charge in [0, 0.05) is 30.3 Å². The van der Waals surface area contributed by atoms with Crippen LogP contribution in [0.3, 0.4) is 0 Å². The van der Waals surface area contributed by atoms with E-state index in [9.17, 15) is 9.59 Å². The third-order valence-corrected chi connectivity index (χ3v) is 6.15. The number of carbonyl (C=O) groups is 2. The predicted octanol–water partition coefficient (Wildman–Crippen LogP) is 3.75. The first-order valence-electron chi connectivity index (χ1n) is 11.4.